The molecule has 0 aliphatic carbocycles. The van der Waals surface area contributed by atoms with Gasteiger partial charge in [0.2, 0.25) is 5.91 Å². The predicted octanol–water partition coefficient (Wildman–Crippen LogP) is 3.59. The predicted molar refractivity (Wildman–Crippen MR) is 97.2 cm³/mol. The van der Waals surface area contributed by atoms with Crippen LogP contribution in [0.15, 0.2) is 53.6 Å². The molecule has 7 heteroatoms. The Labute approximate surface area is 155 Å². The van der Waals surface area contributed by atoms with Crippen LogP contribution in [0.2, 0.25) is 5.02 Å². The third kappa shape index (κ3) is 3.86. The maximum Gasteiger partial charge on any atom is 0.303 e. The van der Waals surface area contributed by atoms with Gasteiger partial charge in [-0.25, -0.2) is 5.01 Å². The fourth-order valence-corrected chi connectivity index (χ4v) is 3.02. The van der Waals surface area contributed by atoms with Gasteiger partial charge >= 0.3 is 5.97 Å². The molecule has 0 spiro atoms. The van der Waals surface area contributed by atoms with Gasteiger partial charge in [-0.1, -0.05) is 41.9 Å². The van der Waals surface area contributed by atoms with Gasteiger partial charge in [0.1, 0.15) is 5.75 Å². The van der Waals surface area contributed by atoms with Crippen molar-refractivity contribution in [2.75, 3.05) is 0 Å². The zero-order valence-electron chi connectivity index (χ0n) is 13.8. The van der Waals surface area contributed by atoms with Crippen molar-refractivity contribution in [1.29, 1.82) is 0 Å². The quantitative estimate of drug-likeness (QED) is 0.839. The molecule has 0 saturated heterocycles. The van der Waals surface area contributed by atoms with Crippen LogP contribution in [-0.4, -0.2) is 32.8 Å². The van der Waals surface area contributed by atoms with E-state index in [1.807, 2.05) is 12.1 Å². The Morgan fingerprint density at radius 2 is 1.81 bits per heavy atom. The number of carbonyl (C=O) groups is 2. The lowest BCUT2D eigenvalue weighted by Gasteiger charge is -2.22. The zero-order chi connectivity index (χ0) is 18.7. The van der Waals surface area contributed by atoms with Gasteiger partial charge in [-0.3, -0.25) is 9.59 Å². The van der Waals surface area contributed by atoms with E-state index in [0.717, 1.165) is 5.56 Å². The van der Waals surface area contributed by atoms with Crippen LogP contribution in [0.3, 0.4) is 0 Å². The van der Waals surface area contributed by atoms with Crippen molar-refractivity contribution < 1.29 is 19.8 Å². The van der Waals surface area contributed by atoms with E-state index >= 15 is 0 Å². The molecule has 2 aromatic rings. The third-order valence-corrected chi connectivity index (χ3v) is 4.44. The van der Waals surface area contributed by atoms with Crippen LogP contribution in [-0.2, 0) is 9.59 Å². The topological polar surface area (TPSA) is 90.2 Å². The molecular formula is C19H17ClN2O4. The molecule has 3 rings (SSSR count). The number of benzene rings is 2. The molecular weight excluding hydrogens is 356 g/mol. The van der Waals surface area contributed by atoms with Crippen molar-refractivity contribution >= 4 is 29.2 Å². The first-order valence-corrected chi connectivity index (χ1v) is 8.48. The van der Waals surface area contributed by atoms with Crippen LogP contribution in [0.25, 0.3) is 0 Å². The first-order chi connectivity index (χ1) is 12.5. The summed E-state index contributed by atoms with van der Waals surface area (Å²) in [7, 11) is 0. The summed E-state index contributed by atoms with van der Waals surface area (Å²) in [6.07, 6.45) is -0.0104. The molecule has 0 aromatic heterocycles. The van der Waals surface area contributed by atoms with E-state index in [4.69, 9.17) is 16.7 Å². The van der Waals surface area contributed by atoms with Gasteiger partial charge in [-0.15, -0.1) is 0 Å². The number of phenolic OH excluding ortho intramolecular Hbond substituents is 1. The fraction of sp³-hybridized carbons (Fsp3) is 0.211. The number of carbonyl (C=O) groups excluding carboxylic acids is 1. The van der Waals surface area contributed by atoms with Gasteiger partial charge in [0.05, 0.1) is 18.2 Å². The first-order valence-electron chi connectivity index (χ1n) is 8.11. The molecule has 0 saturated carbocycles. The molecule has 0 fully saturated rings. The molecule has 1 heterocycles. The first kappa shape index (κ1) is 17.9. The maximum atomic E-state index is 12.5. The van der Waals surface area contributed by atoms with Crippen molar-refractivity contribution in [3.05, 3.63) is 64.7 Å². The average Bonchev–Trinajstić information content (AvgIpc) is 3.06. The molecule has 134 valence electrons. The Bertz CT molecular complexity index is 864. The summed E-state index contributed by atoms with van der Waals surface area (Å²) in [5.74, 6) is -1.37. The number of amides is 1. The minimum atomic E-state index is -1.04. The molecule has 0 radical (unpaired) electrons. The standard InChI is InChI=1S/C19H17ClN2O4/c20-13-7-5-12(6-8-13)15-11-16(14-3-1-2-4-17(14)23)22(21-15)18(24)9-10-19(25)26/h1-8,16,23H,9-11H2,(H,25,26). The lowest BCUT2D eigenvalue weighted by molar-refractivity contribution is -0.141. The largest absolute Gasteiger partial charge is 0.508 e. The highest BCUT2D eigenvalue weighted by Crippen LogP contribution is 2.37. The number of carboxylic acids is 1. The number of rotatable bonds is 5. The number of hydrazone groups is 1. The van der Waals surface area contributed by atoms with E-state index in [-0.39, 0.29) is 18.6 Å². The molecule has 0 bridgehead atoms. The third-order valence-electron chi connectivity index (χ3n) is 4.19. The van der Waals surface area contributed by atoms with Gasteiger partial charge < -0.3 is 10.2 Å². The highest BCUT2D eigenvalue weighted by atomic mass is 35.5. The van der Waals surface area contributed by atoms with Crippen LogP contribution >= 0.6 is 11.6 Å². The second-order valence-electron chi connectivity index (χ2n) is 5.96. The van der Waals surface area contributed by atoms with Crippen LogP contribution in [0, 0.1) is 0 Å². The summed E-state index contributed by atoms with van der Waals surface area (Å²) in [6.45, 7) is 0. The van der Waals surface area contributed by atoms with Crippen LogP contribution in [0.1, 0.15) is 36.4 Å². The van der Waals surface area contributed by atoms with E-state index < -0.39 is 17.9 Å². The Morgan fingerprint density at radius 1 is 1.12 bits per heavy atom. The molecule has 1 atom stereocenters. The van der Waals surface area contributed by atoms with Crippen LogP contribution in [0.5, 0.6) is 5.75 Å². The fourth-order valence-electron chi connectivity index (χ4n) is 2.90. The van der Waals surface area contributed by atoms with Gasteiger partial charge in [0.25, 0.3) is 0 Å². The van der Waals surface area contributed by atoms with Gasteiger partial charge in [0.15, 0.2) is 0 Å². The summed E-state index contributed by atoms with van der Waals surface area (Å²) in [6, 6.07) is 13.4. The molecule has 2 aromatic carbocycles. The highest BCUT2D eigenvalue weighted by molar-refractivity contribution is 6.30. The summed E-state index contributed by atoms with van der Waals surface area (Å²) in [5, 5.41) is 25.3. The number of carboxylic acid groups (broad SMARTS) is 1. The minimum Gasteiger partial charge on any atom is -0.508 e. The number of phenols is 1. The summed E-state index contributed by atoms with van der Waals surface area (Å²) in [4.78, 5) is 23.3. The summed E-state index contributed by atoms with van der Waals surface area (Å²) >= 11 is 5.92. The Kier molecular flexibility index (Phi) is 5.23. The van der Waals surface area contributed by atoms with Crippen LogP contribution in [0.4, 0.5) is 0 Å². The smallest absolute Gasteiger partial charge is 0.303 e. The van der Waals surface area contributed by atoms with Crippen LogP contribution < -0.4 is 0 Å². The van der Waals surface area contributed by atoms with E-state index in [9.17, 15) is 14.7 Å². The summed E-state index contributed by atoms with van der Waals surface area (Å²) < 4.78 is 0. The van der Waals surface area contributed by atoms with Gasteiger partial charge in [-0.05, 0) is 23.8 Å². The number of hydrogen-bond acceptors (Lipinski definition) is 4. The lowest BCUT2D eigenvalue weighted by Crippen LogP contribution is -2.27. The zero-order valence-corrected chi connectivity index (χ0v) is 14.6. The normalized spacial score (nSPS) is 16.4. The lowest BCUT2D eigenvalue weighted by atomic mass is 9.97. The summed E-state index contributed by atoms with van der Waals surface area (Å²) in [5.41, 5.74) is 2.07. The Morgan fingerprint density at radius 3 is 2.46 bits per heavy atom. The number of hydrogen-bond donors (Lipinski definition) is 2. The molecule has 1 unspecified atom stereocenters. The molecule has 1 aliphatic rings. The molecule has 26 heavy (non-hydrogen) atoms. The number of halogens is 1. The second-order valence-corrected chi connectivity index (χ2v) is 6.40. The number of aliphatic carboxylic acids is 1. The average molecular weight is 373 g/mol. The second kappa shape index (κ2) is 7.58. The molecule has 2 N–H and O–H groups in total. The molecule has 1 amide bonds. The van der Waals surface area contributed by atoms with E-state index in [1.165, 1.54) is 5.01 Å². The van der Waals surface area contributed by atoms with Crippen molar-refractivity contribution in [3.8, 4) is 5.75 Å². The Hall–Kier alpha value is -2.86. The van der Waals surface area contributed by atoms with Crippen molar-refractivity contribution in [1.82, 2.24) is 5.01 Å². The van der Waals surface area contributed by atoms with E-state index in [1.54, 1.807) is 36.4 Å². The van der Waals surface area contributed by atoms with Crippen molar-refractivity contribution in [2.24, 2.45) is 5.10 Å². The number of para-hydroxylation sites is 1. The monoisotopic (exact) mass is 372 g/mol. The molecule has 1 aliphatic heterocycles. The highest BCUT2D eigenvalue weighted by Gasteiger charge is 2.34. The number of aromatic hydroxyl groups is 1. The SMILES string of the molecule is O=C(O)CCC(=O)N1N=C(c2ccc(Cl)cc2)CC1c1ccccc1O. The van der Waals surface area contributed by atoms with Crippen molar-refractivity contribution in [2.45, 2.75) is 25.3 Å². The van der Waals surface area contributed by atoms with Crippen molar-refractivity contribution in [3.63, 3.8) is 0 Å². The Balaban J connectivity index is 1.93. The molecule has 6 nitrogen and oxygen atoms in total. The van der Waals surface area contributed by atoms with E-state index in [2.05, 4.69) is 5.10 Å². The minimum absolute atomic E-state index is 0.0705. The van der Waals surface area contributed by atoms with Gasteiger partial charge in [-0.2, -0.15) is 5.10 Å². The number of nitrogens with zero attached hydrogens (tertiary/aromatic N) is 2. The van der Waals surface area contributed by atoms with Gasteiger partial charge in [0, 0.05) is 23.4 Å². The maximum absolute atomic E-state index is 12.5. The van der Waals surface area contributed by atoms with E-state index in [0.29, 0.717) is 22.7 Å².